The molecule has 2 rings (SSSR count). The number of carboxylic acid groups (broad SMARTS) is 1. The number of thioether (sulfide) groups is 1. The van der Waals surface area contributed by atoms with E-state index in [1.54, 1.807) is 18.9 Å². The minimum atomic E-state index is -0.808. The summed E-state index contributed by atoms with van der Waals surface area (Å²) in [6.07, 6.45) is 0. The van der Waals surface area contributed by atoms with Crippen LogP contribution in [-0.2, 0) is 4.79 Å². The predicted molar refractivity (Wildman–Crippen MR) is 68.2 cm³/mol. The average molecular weight is 253 g/mol. The molecule has 4 nitrogen and oxygen atoms in total. The normalized spacial score (nSPS) is 18.7. The average Bonchev–Trinajstić information content (AvgIpc) is 2.27. The third-order valence-electron chi connectivity index (χ3n) is 2.64. The van der Waals surface area contributed by atoms with Crippen molar-refractivity contribution in [2.24, 2.45) is 0 Å². The van der Waals surface area contributed by atoms with Crippen molar-refractivity contribution in [3.63, 3.8) is 0 Å². The summed E-state index contributed by atoms with van der Waals surface area (Å²) in [6, 6.07) is 5.79. The molecule has 0 saturated carbocycles. The summed E-state index contributed by atoms with van der Waals surface area (Å²) in [7, 11) is 1.61. The Morgan fingerprint density at radius 2 is 2.41 bits per heavy atom. The SMILES string of the molecule is COc1ccc2c(c1)N(CC(=O)O)CC(C)S2. The van der Waals surface area contributed by atoms with Crippen LogP contribution in [0.25, 0.3) is 0 Å². The van der Waals surface area contributed by atoms with Crippen LogP contribution in [0.15, 0.2) is 23.1 Å². The van der Waals surface area contributed by atoms with Gasteiger partial charge in [-0.3, -0.25) is 4.79 Å². The number of benzene rings is 1. The van der Waals surface area contributed by atoms with E-state index in [0.717, 1.165) is 22.9 Å². The van der Waals surface area contributed by atoms with Crippen LogP contribution in [0.4, 0.5) is 5.69 Å². The van der Waals surface area contributed by atoms with E-state index in [2.05, 4.69) is 6.92 Å². The van der Waals surface area contributed by atoms with Gasteiger partial charge in [0.2, 0.25) is 0 Å². The van der Waals surface area contributed by atoms with Gasteiger partial charge >= 0.3 is 5.97 Å². The second-order valence-electron chi connectivity index (χ2n) is 4.04. The van der Waals surface area contributed by atoms with E-state index in [9.17, 15) is 4.79 Å². The van der Waals surface area contributed by atoms with Gasteiger partial charge in [-0.1, -0.05) is 6.92 Å². The number of hydrogen-bond donors (Lipinski definition) is 1. The Morgan fingerprint density at radius 1 is 1.65 bits per heavy atom. The zero-order valence-electron chi connectivity index (χ0n) is 9.84. The second kappa shape index (κ2) is 4.87. The summed E-state index contributed by atoms with van der Waals surface area (Å²) in [4.78, 5) is 13.9. The van der Waals surface area contributed by atoms with Gasteiger partial charge in [0.15, 0.2) is 0 Å². The van der Waals surface area contributed by atoms with E-state index < -0.39 is 5.97 Å². The summed E-state index contributed by atoms with van der Waals surface area (Å²) < 4.78 is 5.18. The molecule has 1 aliphatic rings. The summed E-state index contributed by atoms with van der Waals surface area (Å²) >= 11 is 1.77. The number of nitrogens with zero attached hydrogens (tertiary/aromatic N) is 1. The minimum absolute atomic E-state index is 0.0328. The first-order valence-electron chi connectivity index (χ1n) is 5.41. The van der Waals surface area contributed by atoms with Crippen LogP contribution in [0.5, 0.6) is 5.75 Å². The molecular formula is C12H15NO3S. The molecule has 17 heavy (non-hydrogen) atoms. The molecule has 1 aromatic carbocycles. The lowest BCUT2D eigenvalue weighted by atomic mass is 10.2. The molecule has 0 aromatic heterocycles. The van der Waals surface area contributed by atoms with Crippen LogP contribution in [0.3, 0.4) is 0 Å². The second-order valence-corrected chi connectivity index (χ2v) is 5.52. The fourth-order valence-electron chi connectivity index (χ4n) is 1.95. The van der Waals surface area contributed by atoms with Crippen LogP contribution in [0, 0.1) is 0 Å². The minimum Gasteiger partial charge on any atom is -0.497 e. The first kappa shape index (κ1) is 12.1. The smallest absolute Gasteiger partial charge is 0.323 e. The zero-order chi connectivity index (χ0) is 12.4. The van der Waals surface area contributed by atoms with Gasteiger partial charge in [-0.2, -0.15) is 0 Å². The molecule has 0 aliphatic carbocycles. The third-order valence-corrected chi connectivity index (χ3v) is 3.79. The fourth-order valence-corrected chi connectivity index (χ4v) is 3.09. The maximum atomic E-state index is 10.9. The van der Waals surface area contributed by atoms with Gasteiger partial charge in [-0.05, 0) is 12.1 Å². The van der Waals surface area contributed by atoms with E-state index in [4.69, 9.17) is 9.84 Å². The summed E-state index contributed by atoms with van der Waals surface area (Å²) in [5, 5.41) is 9.32. The van der Waals surface area contributed by atoms with E-state index in [1.165, 1.54) is 0 Å². The highest BCUT2D eigenvalue weighted by Crippen LogP contribution is 2.40. The van der Waals surface area contributed by atoms with Crippen LogP contribution < -0.4 is 9.64 Å². The Morgan fingerprint density at radius 3 is 3.06 bits per heavy atom. The van der Waals surface area contributed by atoms with Gasteiger partial charge in [0.1, 0.15) is 12.3 Å². The van der Waals surface area contributed by atoms with Crippen LogP contribution in [0.1, 0.15) is 6.92 Å². The first-order chi connectivity index (χ1) is 8.10. The van der Waals surface area contributed by atoms with E-state index in [1.807, 2.05) is 23.1 Å². The number of carbonyl (C=O) groups is 1. The van der Waals surface area contributed by atoms with Gasteiger partial charge in [-0.15, -0.1) is 11.8 Å². The molecule has 0 spiro atoms. The van der Waals surface area contributed by atoms with Crippen molar-refractivity contribution >= 4 is 23.4 Å². The molecule has 1 aliphatic heterocycles. The highest BCUT2D eigenvalue weighted by molar-refractivity contribution is 8.00. The van der Waals surface area contributed by atoms with Crippen LogP contribution in [-0.4, -0.2) is 36.5 Å². The number of ether oxygens (including phenoxy) is 1. The van der Waals surface area contributed by atoms with E-state index in [0.29, 0.717) is 5.25 Å². The molecule has 0 radical (unpaired) electrons. The van der Waals surface area contributed by atoms with E-state index in [-0.39, 0.29) is 6.54 Å². The predicted octanol–water partition coefficient (Wildman–Crippen LogP) is 2.08. The van der Waals surface area contributed by atoms with Gasteiger partial charge < -0.3 is 14.7 Å². The number of carboxylic acids is 1. The lowest BCUT2D eigenvalue weighted by Crippen LogP contribution is -2.37. The van der Waals surface area contributed by atoms with Crippen molar-refractivity contribution in [3.05, 3.63) is 18.2 Å². The lowest BCUT2D eigenvalue weighted by Gasteiger charge is -2.33. The van der Waals surface area contributed by atoms with Crippen molar-refractivity contribution in [2.45, 2.75) is 17.1 Å². The molecule has 1 heterocycles. The summed E-state index contributed by atoms with van der Waals surface area (Å²) in [5.41, 5.74) is 0.954. The van der Waals surface area contributed by atoms with Gasteiger partial charge in [0.25, 0.3) is 0 Å². The number of rotatable bonds is 3. The Balaban J connectivity index is 2.35. The summed E-state index contributed by atoms with van der Waals surface area (Å²) in [6.45, 7) is 2.88. The molecule has 1 atom stereocenters. The van der Waals surface area contributed by atoms with E-state index >= 15 is 0 Å². The molecular weight excluding hydrogens is 238 g/mol. The number of fused-ring (bicyclic) bond motifs is 1. The van der Waals surface area contributed by atoms with Gasteiger partial charge in [0.05, 0.1) is 12.8 Å². The van der Waals surface area contributed by atoms with Crippen molar-refractivity contribution in [1.29, 1.82) is 0 Å². The van der Waals surface area contributed by atoms with Crippen molar-refractivity contribution in [1.82, 2.24) is 0 Å². The molecule has 5 heteroatoms. The van der Waals surface area contributed by atoms with Gasteiger partial charge in [0, 0.05) is 22.8 Å². The summed E-state index contributed by atoms with van der Waals surface area (Å²) in [5.74, 6) is -0.0489. The molecule has 1 aromatic rings. The topological polar surface area (TPSA) is 49.8 Å². The Hall–Kier alpha value is -1.36. The highest BCUT2D eigenvalue weighted by atomic mass is 32.2. The monoisotopic (exact) mass is 253 g/mol. The maximum absolute atomic E-state index is 10.9. The maximum Gasteiger partial charge on any atom is 0.323 e. The molecule has 1 N–H and O–H groups in total. The lowest BCUT2D eigenvalue weighted by molar-refractivity contribution is -0.135. The number of methoxy groups -OCH3 is 1. The Labute approximate surface area is 105 Å². The largest absolute Gasteiger partial charge is 0.497 e. The molecule has 0 fully saturated rings. The van der Waals surface area contributed by atoms with Crippen LogP contribution in [0.2, 0.25) is 0 Å². The molecule has 0 saturated heterocycles. The zero-order valence-corrected chi connectivity index (χ0v) is 10.7. The standard InChI is InChI=1S/C12H15NO3S/c1-8-6-13(7-12(14)15)10-5-9(16-2)3-4-11(10)17-8/h3-5,8H,6-7H2,1-2H3,(H,14,15). The Kier molecular flexibility index (Phi) is 3.47. The van der Waals surface area contributed by atoms with Crippen molar-refractivity contribution in [2.75, 3.05) is 25.1 Å². The van der Waals surface area contributed by atoms with Crippen molar-refractivity contribution in [3.8, 4) is 5.75 Å². The molecule has 1 unspecified atom stereocenters. The van der Waals surface area contributed by atoms with Crippen molar-refractivity contribution < 1.29 is 14.6 Å². The number of anilines is 1. The first-order valence-corrected chi connectivity index (χ1v) is 6.29. The molecule has 0 amide bonds. The Bertz CT molecular complexity index is 436. The number of aliphatic carboxylic acids is 1. The van der Waals surface area contributed by atoms with Gasteiger partial charge in [-0.25, -0.2) is 0 Å². The third kappa shape index (κ3) is 2.66. The molecule has 0 bridgehead atoms. The quantitative estimate of drug-likeness (QED) is 0.893. The highest BCUT2D eigenvalue weighted by Gasteiger charge is 2.24. The van der Waals surface area contributed by atoms with Crippen LogP contribution >= 0.6 is 11.8 Å². The molecule has 92 valence electrons. The fraction of sp³-hybridized carbons (Fsp3) is 0.417. The number of hydrogen-bond acceptors (Lipinski definition) is 4.